The van der Waals surface area contributed by atoms with Gasteiger partial charge in [-0.2, -0.15) is 0 Å². The number of nitrogens with zero attached hydrogens (tertiary/aromatic N) is 3. The molecule has 0 radical (unpaired) electrons. The summed E-state index contributed by atoms with van der Waals surface area (Å²) in [5.41, 5.74) is 2.36. The maximum atomic E-state index is 15.2. The zero-order chi connectivity index (χ0) is 82.6. The summed E-state index contributed by atoms with van der Waals surface area (Å²) in [4.78, 5) is 189. The number of likely N-dealkylation sites (tertiary alicyclic amines) is 1. The van der Waals surface area contributed by atoms with E-state index in [0.717, 1.165) is 16.3 Å². The smallest absolute Gasteiger partial charge is 0.325 e. The molecule has 29 nitrogen and oxygen atoms in total. The van der Waals surface area contributed by atoms with Gasteiger partial charge in [-0.05, 0) is 167 Å². The van der Waals surface area contributed by atoms with Gasteiger partial charge in [0.2, 0.25) is 59.1 Å². The number of aliphatic hydroxyl groups excluding tert-OH is 1. The molecule has 7 rings (SSSR count). The standard InChI is InChI=1S/C84H109ClN14O15/c1-53(2)47-68(78(107)95-67(32-17-18-42-87-54(3)4)82(111)99-45-22-33-72(99)81(110)90-55(5)84(113)114)96-77(106)66(31-16-20-44-89-75(104)61-26-11-8-12-27-61)93-76(105)65(30-15-19-43-88-74(103)60-24-9-7-10-25-60)94-80(109)71(52-100)92-73(102)40-46-98(64-29-21-41-86-51-64)83(112)70(49-57-35-38-63(85)39-36-57)97-79(108)69(91-56(6)101)50-58-34-37-59-23-13-14-28-62(59)48-58/h7-14,21,23-29,34-39,41,48,51,53-55,65-72,87,100H,15-20,22,30-33,40,42-47,49-50,52H2,1-6H3,(H,88,103)(H,89,104)(H,90,110)(H,91,101)(H,92,102)(H,93,105)(H,94,109)(H,95,107)(H,96,106)(H,97,108)(H,113,114)/t55-,65+,66-,67+,68+,69-,70-,71+,72+/m1/s1. The molecule has 12 amide bonds. The molecule has 114 heavy (non-hydrogen) atoms. The molecule has 6 aromatic rings. The molecule has 1 aliphatic rings. The summed E-state index contributed by atoms with van der Waals surface area (Å²) >= 11 is 6.28. The number of carboxylic acids is 1. The number of aliphatic hydroxyl groups is 1. The SMILES string of the molecule is CC(=O)N[C@H](Cc1ccc2ccccc2c1)C(=O)N[C@H](Cc1ccc(Cl)cc1)C(=O)N(CCC(=O)N[C@@H](CO)C(=O)N[C@@H](CCCCNC(=O)c1ccccc1)C(=O)N[C@H](CCCCNC(=O)c1ccccc1)C(=O)N[C@@H](CC(C)C)C(=O)N[C@@H](CCCCNC(C)C)C(=O)N1CCC[C@H]1C(=O)N[C@H](C)C(=O)O)c1cccnc1. The van der Waals surface area contributed by atoms with E-state index in [1.54, 1.807) is 97.1 Å². The second-order valence-electron chi connectivity index (χ2n) is 29.3. The van der Waals surface area contributed by atoms with E-state index < -0.39 is 132 Å². The van der Waals surface area contributed by atoms with Crippen LogP contribution in [0.25, 0.3) is 10.8 Å². The molecule has 5 aromatic carbocycles. The van der Waals surface area contributed by atoms with Crippen molar-refractivity contribution in [2.45, 2.75) is 198 Å². The second kappa shape index (κ2) is 46.7. The third kappa shape index (κ3) is 29.7. The number of benzene rings is 5. The number of aliphatic carboxylic acids is 1. The summed E-state index contributed by atoms with van der Waals surface area (Å²) in [5.74, 6) is -9.69. The van der Waals surface area contributed by atoms with Crippen molar-refractivity contribution >= 4 is 105 Å². The number of fused-ring (bicyclic) bond motifs is 1. The number of amides is 12. The van der Waals surface area contributed by atoms with Gasteiger partial charge in [-0.3, -0.25) is 67.3 Å². The number of rotatable bonds is 46. The summed E-state index contributed by atoms with van der Waals surface area (Å²) in [5, 5.41) is 53.5. The van der Waals surface area contributed by atoms with E-state index in [1.165, 1.54) is 36.0 Å². The van der Waals surface area contributed by atoms with E-state index in [-0.39, 0.29) is 120 Å². The van der Waals surface area contributed by atoms with Crippen LogP contribution in [0.1, 0.15) is 157 Å². The van der Waals surface area contributed by atoms with Crippen LogP contribution in [0.3, 0.4) is 0 Å². The summed E-state index contributed by atoms with van der Waals surface area (Å²) in [6.45, 7) is 9.84. The van der Waals surface area contributed by atoms with E-state index in [9.17, 15) is 58.2 Å². The molecular weight excluding hydrogens is 1480 g/mol. The number of unbranched alkanes of at least 4 members (excludes halogenated alkanes) is 3. The fourth-order valence-corrected chi connectivity index (χ4v) is 13.3. The molecule has 0 aliphatic carbocycles. The van der Waals surface area contributed by atoms with E-state index in [2.05, 4.69) is 63.5 Å². The number of carbonyl (C=O) groups excluding carboxylic acids is 12. The van der Waals surface area contributed by atoms with Crippen molar-refractivity contribution in [3.05, 3.63) is 179 Å². The number of hydrogen-bond donors (Lipinski definition) is 13. The van der Waals surface area contributed by atoms with Gasteiger partial charge in [-0.1, -0.05) is 130 Å². The predicted octanol–water partition coefficient (Wildman–Crippen LogP) is 5.50. The van der Waals surface area contributed by atoms with Crippen LogP contribution < -0.4 is 63.4 Å². The lowest BCUT2D eigenvalue weighted by Crippen LogP contribution is -2.60. The van der Waals surface area contributed by atoms with Crippen molar-refractivity contribution in [2.24, 2.45) is 5.92 Å². The molecule has 0 saturated carbocycles. The van der Waals surface area contributed by atoms with Crippen LogP contribution in [-0.4, -0.2) is 197 Å². The summed E-state index contributed by atoms with van der Waals surface area (Å²) < 4.78 is 0. The van der Waals surface area contributed by atoms with Crippen molar-refractivity contribution in [3.8, 4) is 0 Å². The third-order valence-corrected chi connectivity index (χ3v) is 19.5. The van der Waals surface area contributed by atoms with Crippen molar-refractivity contribution in [1.29, 1.82) is 0 Å². The van der Waals surface area contributed by atoms with Crippen LogP contribution in [0, 0.1) is 5.92 Å². The quantitative estimate of drug-likeness (QED) is 0.0210. The maximum absolute atomic E-state index is 15.2. The van der Waals surface area contributed by atoms with Gasteiger partial charge < -0.3 is 78.5 Å². The molecule has 1 saturated heterocycles. The van der Waals surface area contributed by atoms with Crippen molar-refractivity contribution in [2.75, 3.05) is 44.2 Å². The van der Waals surface area contributed by atoms with E-state index in [0.29, 0.717) is 53.9 Å². The Morgan fingerprint density at radius 1 is 0.535 bits per heavy atom. The van der Waals surface area contributed by atoms with Crippen LogP contribution in [0.15, 0.2) is 152 Å². The van der Waals surface area contributed by atoms with Crippen LogP contribution >= 0.6 is 11.6 Å². The fourth-order valence-electron chi connectivity index (χ4n) is 13.2. The number of aromatic nitrogens is 1. The molecule has 612 valence electrons. The summed E-state index contributed by atoms with van der Waals surface area (Å²) in [7, 11) is 0. The predicted molar refractivity (Wildman–Crippen MR) is 432 cm³/mol. The number of carbonyl (C=O) groups is 13. The minimum atomic E-state index is -1.73. The lowest BCUT2D eigenvalue weighted by Gasteiger charge is -2.31. The topological polar surface area (TPSA) is 414 Å². The van der Waals surface area contributed by atoms with E-state index in [1.807, 2.05) is 70.2 Å². The first-order chi connectivity index (χ1) is 54.7. The highest BCUT2D eigenvalue weighted by Gasteiger charge is 2.40. The zero-order valence-corrected chi connectivity index (χ0v) is 66.3. The molecule has 1 aromatic heterocycles. The Bertz CT molecular complexity index is 4200. The highest BCUT2D eigenvalue weighted by atomic mass is 35.5. The van der Waals surface area contributed by atoms with Gasteiger partial charge in [0.05, 0.1) is 18.5 Å². The minimum absolute atomic E-state index is 0.0364. The number of halogens is 1. The van der Waals surface area contributed by atoms with Crippen LogP contribution in [0.4, 0.5) is 5.69 Å². The number of carboxylic acid groups (broad SMARTS) is 1. The molecule has 0 unspecified atom stereocenters. The van der Waals surface area contributed by atoms with Crippen LogP contribution in [-0.2, 0) is 65.6 Å². The first-order valence-electron chi connectivity index (χ1n) is 39.0. The number of hydrogen-bond acceptors (Lipinski definition) is 16. The van der Waals surface area contributed by atoms with E-state index in [4.69, 9.17) is 11.6 Å². The van der Waals surface area contributed by atoms with Crippen molar-refractivity contribution in [3.63, 3.8) is 0 Å². The Kier molecular flexibility index (Phi) is 36.9. The number of pyridine rings is 1. The average Bonchev–Trinajstić information content (AvgIpc) is 1.50. The monoisotopic (exact) mass is 1590 g/mol. The molecular formula is C84H109ClN14O15. The van der Waals surface area contributed by atoms with Gasteiger partial charge >= 0.3 is 5.97 Å². The summed E-state index contributed by atoms with van der Waals surface area (Å²) in [6, 6.07) is 28.3. The van der Waals surface area contributed by atoms with Crippen LogP contribution in [0.5, 0.6) is 0 Å². The first-order valence-corrected chi connectivity index (χ1v) is 39.4. The van der Waals surface area contributed by atoms with Gasteiger partial charge in [0.25, 0.3) is 11.8 Å². The normalized spacial score (nSPS) is 14.6. The highest BCUT2D eigenvalue weighted by Crippen LogP contribution is 2.24. The Morgan fingerprint density at radius 3 is 1.61 bits per heavy atom. The van der Waals surface area contributed by atoms with Crippen molar-refractivity contribution in [1.82, 2.24) is 68.4 Å². The lowest BCUT2D eigenvalue weighted by atomic mass is 10.00. The van der Waals surface area contributed by atoms with Gasteiger partial charge in [-0.15, -0.1) is 0 Å². The van der Waals surface area contributed by atoms with Crippen molar-refractivity contribution < 1.29 is 72.5 Å². The van der Waals surface area contributed by atoms with Gasteiger partial charge in [-0.25, -0.2) is 0 Å². The molecule has 13 N–H and O–H groups in total. The average molecular weight is 1590 g/mol. The fraction of sp³-hybridized carbons (Fsp3) is 0.452. The molecule has 30 heteroatoms. The van der Waals surface area contributed by atoms with Gasteiger partial charge in [0.15, 0.2) is 0 Å². The number of nitrogens with one attached hydrogen (secondary N) is 11. The summed E-state index contributed by atoms with van der Waals surface area (Å²) in [6.07, 6.45) is 4.95. The molecule has 9 atom stereocenters. The highest BCUT2D eigenvalue weighted by molar-refractivity contribution is 6.30. The Balaban J connectivity index is 1.12. The molecule has 0 bridgehead atoms. The molecule has 1 fully saturated rings. The largest absolute Gasteiger partial charge is 0.480 e. The minimum Gasteiger partial charge on any atom is -0.480 e. The Hall–Kier alpha value is -11.2. The van der Waals surface area contributed by atoms with Gasteiger partial charge in [0, 0.05) is 80.8 Å². The first kappa shape index (κ1) is 90.0. The second-order valence-corrected chi connectivity index (χ2v) is 29.7. The molecule has 1 aliphatic heterocycles. The molecule has 2 heterocycles. The van der Waals surface area contributed by atoms with Crippen LogP contribution in [0.2, 0.25) is 5.02 Å². The van der Waals surface area contributed by atoms with E-state index >= 15 is 14.4 Å². The maximum Gasteiger partial charge on any atom is 0.325 e. The van der Waals surface area contributed by atoms with Gasteiger partial charge in [0.1, 0.15) is 54.4 Å². The zero-order valence-electron chi connectivity index (χ0n) is 65.6. The Morgan fingerprint density at radius 2 is 1.05 bits per heavy atom. The Labute approximate surface area is 670 Å². The lowest BCUT2D eigenvalue weighted by molar-refractivity contribution is -0.144. The molecule has 0 spiro atoms. The third-order valence-electron chi connectivity index (χ3n) is 19.3. The number of anilines is 1.